The van der Waals surface area contributed by atoms with Crippen LogP contribution in [0, 0.1) is 0 Å². The van der Waals surface area contributed by atoms with Crippen molar-refractivity contribution in [1.29, 1.82) is 0 Å². The molecule has 0 bridgehead atoms. The maximum atomic E-state index is 9.12. The molecule has 0 saturated carbocycles. The third-order valence-corrected chi connectivity index (χ3v) is 4.16. The van der Waals surface area contributed by atoms with E-state index in [1.807, 2.05) is 6.07 Å². The Morgan fingerprint density at radius 1 is 1.35 bits per heavy atom. The number of hydrogen-bond donors (Lipinski definition) is 2. The third-order valence-electron chi connectivity index (χ3n) is 3.66. The van der Waals surface area contributed by atoms with Crippen molar-refractivity contribution < 1.29 is 5.11 Å². The van der Waals surface area contributed by atoms with Gasteiger partial charge in [0.2, 0.25) is 0 Å². The van der Waals surface area contributed by atoms with E-state index >= 15 is 0 Å². The third kappa shape index (κ3) is 4.85. The number of aliphatic hydroxyl groups excluding tert-OH is 1. The fourth-order valence-electron chi connectivity index (χ4n) is 2.57. The average Bonchev–Trinajstić information content (AvgIpc) is 2.42. The highest BCUT2D eigenvalue weighted by atomic mass is 79.9. The van der Waals surface area contributed by atoms with E-state index in [0.717, 1.165) is 23.9 Å². The zero-order valence-corrected chi connectivity index (χ0v) is 14.3. The van der Waals surface area contributed by atoms with E-state index in [0.29, 0.717) is 6.04 Å². The molecule has 1 aromatic carbocycles. The number of nitrogens with zero attached hydrogens (tertiary/aromatic N) is 1. The molecular formula is C16H27BrN2O. The molecule has 2 atom stereocenters. The van der Waals surface area contributed by atoms with Crippen LogP contribution in [0.15, 0.2) is 28.7 Å². The highest BCUT2D eigenvalue weighted by molar-refractivity contribution is 9.10. The Labute approximate surface area is 131 Å². The van der Waals surface area contributed by atoms with Gasteiger partial charge in [-0.25, -0.2) is 0 Å². The van der Waals surface area contributed by atoms with Crippen molar-refractivity contribution in [2.45, 2.75) is 51.7 Å². The summed E-state index contributed by atoms with van der Waals surface area (Å²) < 4.78 is 1.08. The molecule has 0 aliphatic carbocycles. The van der Waals surface area contributed by atoms with Crippen LogP contribution < -0.4 is 5.73 Å². The van der Waals surface area contributed by atoms with Gasteiger partial charge in [-0.15, -0.1) is 0 Å². The molecular weight excluding hydrogens is 316 g/mol. The molecule has 0 heterocycles. The Morgan fingerprint density at radius 2 is 2.05 bits per heavy atom. The summed E-state index contributed by atoms with van der Waals surface area (Å²) in [5, 5.41) is 9.12. The second-order valence-electron chi connectivity index (χ2n) is 5.48. The minimum absolute atomic E-state index is 0.0883. The van der Waals surface area contributed by atoms with Crippen LogP contribution in [0.3, 0.4) is 0 Å². The predicted molar refractivity (Wildman–Crippen MR) is 88.7 cm³/mol. The van der Waals surface area contributed by atoms with Gasteiger partial charge in [-0.05, 0) is 44.4 Å². The smallest absolute Gasteiger partial charge is 0.0502 e. The fourth-order valence-corrected chi connectivity index (χ4v) is 2.99. The highest BCUT2D eigenvalue weighted by Gasteiger charge is 2.27. The van der Waals surface area contributed by atoms with Crippen LogP contribution in [0.2, 0.25) is 0 Å². The Kier molecular flexibility index (Phi) is 7.74. The standard InChI is InChI=1S/C16H27BrN2O/c1-4-15(18)16(13-7-5-8-14(17)11-13)19(12(2)3)9-6-10-20/h5,7-8,11-12,15-16,20H,4,6,9-10,18H2,1-3H3. The summed E-state index contributed by atoms with van der Waals surface area (Å²) in [7, 11) is 0. The summed E-state index contributed by atoms with van der Waals surface area (Å²) in [5.41, 5.74) is 7.63. The molecule has 0 fully saturated rings. The van der Waals surface area contributed by atoms with E-state index < -0.39 is 0 Å². The second-order valence-corrected chi connectivity index (χ2v) is 6.40. The van der Waals surface area contributed by atoms with Gasteiger partial charge in [0.05, 0.1) is 6.04 Å². The Balaban J connectivity index is 3.08. The van der Waals surface area contributed by atoms with Crippen LogP contribution in [0.5, 0.6) is 0 Å². The van der Waals surface area contributed by atoms with Gasteiger partial charge in [0.1, 0.15) is 0 Å². The summed E-state index contributed by atoms with van der Waals surface area (Å²) in [5.74, 6) is 0. The van der Waals surface area contributed by atoms with Gasteiger partial charge in [-0.1, -0.05) is 35.0 Å². The first-order valence-corrected chi connectivity index (χ1v) is 8.18. The topological polar surface area (TPSA) is 49.5 Å². The van der Waals surface area contributed by atoms with E-state index in [4.69, 9.17) is 10.8 Å². The first-order chi connectivity index (χ1) is 9.51. The molecule has 0 spiro atoms. The number of hydrogen-bond acceptors (Lipinski definition) is 3. The lowest BCUT2D eigenvalue weighted by Crippen LogP contribution is -2.44. The van der Waals surface area contributed by atoms with E-state index in [9.17, 15) is 0 Å². The van der Waals surface area contributed by atoms with Gasteiger partial charge in [0, 0.05) is 29.7 Å². The number of nitrogens with two attached hydrogens (primary N) is 1. The van der Waals surface area contributed by atoms with Crippen molar-refractivity contribution in [2.24, 2.45) is 5.73 Å². The van der Waals surface area contributed by atoms with Crippen LogP contribution in [0.4, 0.5) is 0 Å². The summed E-state index contributed by atoms with van der Waals surface area (Å²) in [4.78, 5) is 2.40. The molecule has 0 aliphatic rings. The Bertz CT molecular complexity index is 398. The normalized spacial score (nSPS) is 14.8. The summed E-state index contributed by atoms with van der Waals surface area (Å²) in [6.45, 7) is 7.57. The van der Waals surface area contributed by atoms with Gasteiger partial charge >= 0.3 is 0 Å². The van der Waals surface area contributed by atoms with Crippen molar-refractivity contribution in [3.8, 4) is 0 Å². The summed E-state index contributed by atoms with van der Waals surface area (Å²) >= 11 is 3.54. The van der Waals surface area contributed by atoms with E-state index in [2.05, 4.69) is 59.8 Å². The zero-order chi connectivity index (χ0) is 15.1. The predicted octanol–water partition coefficient (Wildman–Crippen LogP) is 3.32. The molecule has 114 valence electrons. The van der Waals surface area contributed by atoms with Crippen molar-refractivity contribution in [1.82, 2.24) is 4.90 Å². The monoisotopic (exact) mass is 342 g/mol. The minimum atomic E-state index is 0.0883. The molecule has 0 aromatic heterocycles. The lowest BCUT2D eigenvalue weighted by molar-refractivity contribution is 0.118. The first-order valence-electron chi connectivity index (χ1n) is 7.38. The Morgan fingerprint density at radius 3 is 2.55 bits per heavy atom. The van der Waals surface area contributed by atoms with E-state index in [1.54, 1.807) is 0 Å². The lowest BCUT2D eigenvalue weighted by Gasteiger charge is -2.38. The van der Waals surface area contributed by atoms with Gasteiger partial charge in [0.15, 0.2) is 0 Å². The van der Waals surface area contributed by atoms with Gasteiger partial charge in [-0.2, -0.15) is 0 Å². The second kappa shape index (κ2) is 8.78. The van der Waals surface area contributed by atoms with Gasteiger partial charge in [0.25, 0.3) is 0 Å². The number of halogens is 1. The van der Waals surface area contributed by atoms with Crippen LogP contribution in [-0.4, -0.2) is 35.2 Å². The quantitative estimate of drug-likeness (QED) is 0.761. The summed E-state index contributed by atoms with van der Waals surface area (Å²) in [6.07, 6.45) is 1.71. The van der Waals surface area contributed by atoms with Crippen LogP contribution in [0.25, 0.3) is 0 Å². The number of benzene rings is 1. The molecule has 2 unspecified atom stereocenters. The maximum Gasteiger partial charge on any atom is 0.0502 e. The zero-order valence-electron chi connectivity index (χ0n) is 12.7. The molecule has 20 heavy (non-hydrogen) atoms. The maximum absolute atomic E-state index is 9.12. The first kappa shape index (κ1) is 17.6. The molecule has 0 aliphatic heterocycles. The van der Waals surface area contributed by atoms with Crippen LogP contribution in [0.1, 0.15) is 45.2 Å². The molecule has 1 rings (SSSR count). The average molecular weight is 343 g/mol. The largest absolute Gasteiger partial charge is 0.396 e. The van der Waals surface area contributed by atoms with E-state index in [-0.39, 0.29) is 18.7 Å². The SMILES string of the molecule is CCC(N)C(c1cccc(Br)c1)N(CCCO)C(C)C. The van der Waals surface area contributed by atoms with Crippen molar-refractivity contribution >= 4 is 15.9 Å². The molecule has 4 heteroatoms. The lowest BCUT2D eigenvalue weighted by atomic mass is 9.95. The fraction of sp³-hybridized carbons (Fsp3) is 0.625. The molecule has 0 amide bonds. The Hall–Kier alpha value is -0.420. The van der Waals surface area contributed by atoms with Crippen molar-refractivity contribution in [3.05, 3.63) is 34.3 Å². The van der Waals surface area contributed by atoms with Crippen LogP contribution in [-0.2, 0) is 0 Å². The molecule has 0 saturated heterocycles. The van der Waals surface area contributed by atoms with Crippen molar-refractivity contribution in [2.75, 3.05) is 13.2 Å². The minimum Gasteiger partial charge on any atom is -0.396 e. The van der Waals surface area contributed by atoms with Gasteiger partial charge in [-0.3, -0.25) is 4.90 Å². The van der Waals surface area contributed by atoms with E-state index in [1.165, 1.54) is 5.56 Å². The van der Waals surface area contributed by atoms with Gasteiger partial charge < -0.3 is 10.8 Å². The van der Waals surface area contributed by atoms with Crippen molar-refractivity contribution in [3.63, 3.8) is 0 Å². The number of aliphatic hydroxyl groups is 1. The molecule has 3 nitrogen and oxygen atoms in total. The highest BCUT2D eigenvalue weighted by Crippen LogP contribution is 2.29. The van der Waals surface area contributed by atoms with Crippen LogP contribution >= 0.6 is 15.9 Å². The summed E-state index contributed by atoms with van der Waals surface area (Å²) in [6, 6.07) is 9.04. The molecule has 0 radical (unpaired) electrons. The number of rotatable bonds is 8. The molecule has 1 aromatic rings. The molecule has 3 N–H and O–H groups in total.